The van der Waals surface area contributed by atoms with Crippen LogP contribution in [0.2, 0.25) is 0 Å². The number of imide groups is 1. The molecule has 1 aliphatic heterocycles. The van der Waals surface area contributed by atoms with Crippen LogP contribution in [0.15, 0.2) is 48.5 Å². The molecular formula is C28H29N7O3. The minimum atomic E-state index is -0.355. The summed E-state index contributed by atoms with van der Waals surface area (Å²) in [5.41, 5.74) is 4.29. The highest BCUT2D eigenvalue weighted by Crippen LogP contribution is 2.38. The first-order chi connectivity index (χ1) is 18.5. The average Bonchev–Trinajstić information content (AvgIpc) is 2.94. The third-order valence-electron chi connectivity index (χ3n) is 6.57. The lowest BCUT2D eigenvalue weighted by molar-refractivity contribution is 0.0608. The zero-order valence-electron chi connectivity index (χ0n) is 21.4. The lowest BCUT2D eigenvalue weighted by atomic mass is 9.89. The molecule has 2 heterocycles. The summed E-state index contributed by atoms with van der Waals surface area (Å²) >= 11 is 0. The van der Waals surface area contributed by atoms with Crippen molar-refractivity contribution in [1.29, 1.82) is 0 Å². The Bertz CT molecular complexity index is 1500. The van der Waals surface area contributed by atoms with E-state index in [0.29, 0.717) is 34.7 Å². The monoisotopic (exact) mass is 511 g/mol. The van der Waals surface area contributed by atoms with Gasteiger partial charge in [-0.05, 0) is 54.8 Å². The maximum Gasteiger partial charge on any atom is 0.261 e. The molecule has 0 fully saturated rings. The second kappa shape index (κ2) is 11.0. The van der Waals surface area contributed by atoms with E-state index in [2.05, 4.69) is 38.0 Å². The molecule has 0 spiro atoms. The third-order valence-corrected chi connectivity index (χ3v) is 6.57. The van der Waals surface area contributed by atoms with Crippen molar-refractivity contribution >= 4 is 28.3 Å². The molecular weight excluding hydrogens is 482 g/mol. The van der Waals surface area contributed by atoms with E-state index < -0.39 is 0 Å². The molecule has 0 aliphatic carbocycles. The van der Waals surface area contributed by atoms with Crippen molar-refractivity contribution < 1.29 is 14.7 Å². The molecule has 38 heavy (non-hydrogen) atoms. The fraction of sp³-hybridized carbons (Fsp3) is 0.286. The fourth-order valence-electron chi connectivity index (χ4n) is 4.64. The minimum Gasteiger partial charge on any atom is -0.385 e. The van der Waals surface area contributed by atoms with Crippen LogP contribution >= 0.6 is 0 Å². The standard InChI is InChI=1S/C28H29N7O3/c1-3-4-10-30-24-9-8-21-25-22(24)14-20(15-23(25)28(38)35(27(21)37)12-11-29-16-36)18-6-5-7-19(13-18)26-33-31-17(2)32-34-26/h5-9,13-15,29-30,36H,3-4,10-12,16H2,1-2H3. The van der Waals surface area contributed by atoms with Crippen LogP contribution in [0.1, 0.15) is 46.3 Å². The molecule has 2 amide bonds. The number of aryl methyl sites for hydroxylation is 1. The number of benzene rings is 3. The number of unbranched alkanes of at least 4 members (excludes halogenated alkanes) is 1. The Morgan fingerprint density at radius 2 is 1.63 bits per heavy atom. The van der Waals surface area contributed by atoms with E-state index in [1.165, 1.54) is 4.90 Å². The summed E-state index contributed by atoms with van der Waals surface area (Å²) in [6.45, 7) is 4.86. The number of hydrogen-bond donors (Lipinski definition) is 3. The lowest BCUT2D eigenvalue weighted by Gasteiger charge is -2.28. The van der Waals surface area contributed by atoms with Gasteiger partial charge in [0.2, 0.25) is 5.82 Å². The van der Waals surface area contributed by atoms with Crippen LogP contribution in [0.5, 0.6) is 0 Å². The zero-order valence-corrected chi connectivity index (χ0v) is 21.4. The normalized spacial score (nSPS) is 12.9. The van der Waals surface area contributed by atoms with Crippen LogP contribution in [0.4, 0.5) is 5.69 Å². The quantitative estimate of drug-likeness (QED) is 0.166. The third kappa shape index (κ3) is 4.83. The number of carbonyl (C=O) groups excluding carboxylic acids is 2. The topological polar surface area (TPSA) is 133 Å². The molecule has 0 atom stereocenters. The number of aromatic nitrogens is 4. The average molecular weight is 512 g/mol. The van der Waals surface area contributed by atoms with Crippen LogP contribution in [0, 0.1) is 6.92 Å². The minimum absolute atomic E-state index is 0.153. The number of hydrogen-bond acceptors (Lipinski definition) is 9. The number of rotatable bonds is 10. The SMILES string of the molecule is CCCCNc1ccc2c3c(cc(-c4cccc(-c5nnc(C)nn5)c4)cc13)C(=O)N(CCNCO)C2=O. The van der Waals surface area contributed by atoms with Crippen molar-refractivity contribution in [3.05, 3.63) is 65.5 Å². The summed E-state index contributed by atoms with van der Waals surface area (Å²) in [5.74, 6) is 0.210. The van der Waals surface area contributed by atoms with Gasteiger partial charge in [0.25, 0.3) is 11.8 Å². The Labute approximate surface area is 220 Å². The molecule has 194 valence electrons. The van der Waals surface area contributed by atoms with Gasteiger partial charge in [0.05, 0.1) is 6.73 Å². The van der Waals surface area contributed by atoms with E-state index in [1.807, 2.05) is 42.5 Å². The Morgan fingerprint density at radius 1 is 0.868 bits per heavy atom. The number of nitrogens with one attached hydrogen (secondary N) is 2. The van der Waals surface area contributed by atoms with Gasteiger partial charge in [-0.25, -0.2) is 0 Å². The second-order valence-corrected chi connectivity index (χ2v) is 9.16. The van der Waals surface area contributed by atoms with Crippen LogP contribution in [-0.2, 0) is 0 Å². The van der Waals surface area contributed by atoms with Gasteiger partial charge in [0.15, 0.2) is 5.82 Å². The number of carbonyl (C=O) groups is 2. The number of nitrogens with zero attached hydrogens (tertiary/aromatic N) is 5. The van der Waals surface area contributed by atoms with Gasteiger partial charge in [0, 0.05) is 52.8 Å². The molecule has 1 aliphatic rings. The molecule has 10 nitrogen and oxygen atoms in total. The fourth-order valence-corrected chi connectivity index (χ4v) is 4.64. The predicted molar refractivity (Wildman–Crippen MR) is 145 cm³/mol. The van der Waals surface area contributed by atoms with Crippen molar-refractivity contribution in [2.45, 2.75) is 26.7 Å². The predicted octanol–water partition coefficient (Wildman–Crippen LogP) is 3.41. The highest BCUT2D eigenvalue weighted by atomic mass is 16.3. The van der Waals surface area contributed by atoms with Gasteiger partial charge in [0.1, 0.15) is 0 Å². The van der Waals surface area contributed by atoms with Crippen molar-refractivity contribution in [1.82, 2.24) is 30.6 Å². The first kappa shape index (κ1) is 25.4. The Balaban J connectivity index is 1.65. The number of aliphatic hydroxyl groups excluding tert-OH is 1. The molecule has 0 radical (unpaired) electrons. The van der Waals surface area contributed by atoms with E-state index in [-0.39, 0.29) is 25.1 Å². The molecule has 0 saturated carbocycles. The molecule has 5 rings (SSSR count). The molecule has 4 aromatic rings. The summed E-state index contributed by atoms with van der Waals surface area (Å²) in [6.07, 6.45) is 2.05. The summed E-state index contributed by atoms with van der Waals surface area (Å²) in [7, 11) is 0. The molecule has 0 bridgehead atoms. The Morgan fingerprint density at radius 3 is 2.39 bits per heavy atom. The van der Waals surface area contributed by atoms with Crippen molar-refractivity contribution in [3.8, 4) is 22.5 Å². The first-order valence-electron chi connectivity index (χ1n) is 12.7. The van der Waals surface area contributed by atoms with E-state index in [1.54, 1.807) is 13.0 Å². The zero-order chi connectivity index (χ0) is 26.6. The van der Waals surface area contributed by atoms with Crippen LogP contribution in [-0.4, -0.2) is 68.6 Å². The molecule has 10 heteroatoms. The van der Waals surface area contributed by atoms with Gasteiger partial charge < -0.3 is 10.4 Å². The largest absolute Gasteiger partial charge is 0.385 e. The highest BCUT2D eigenvalue weighted by Gasteiger charge is 2.33. The van der Waals surface area contributed by atoms with Crippen molar-refractivity contribution in [2.24, 2.45) is 0 Å². The summed E-state index contributed by atoms with van der Waals surface area (Å²) in [4.78, 5) is 28.2. The molecule has 0 saturated heterocycles. The van der Waals surface area contributed by atoms with E-state index >= 15 is 0 Å². The smallest absolute Gasteiger partial charge is 0.261 e. The van der Waals surface area contributed by atoms with Crippen molar-refractivity contribution in [3.63, 3.8) is 0 Å². The lowest BCUT2D eigenvalue weighted by Crippen LogP contribution is -2.44. The van der Waals surface area contributed by atoms with Gasteiger partial charge >= 0.3 is 0 Å². The Kier molecular flexibility index (Phi) is 7.34. The van der Waals surface area contributed by atoms with Gasteiger partial charge in [-0.15, -0.1) is 20.4 Å². The maximum absolute atomic E-state index is 13.6. The van der Waals surface area contributed by atoms with Crippen LogP contribution in [0.25, 0.3) is 33.3 Å². The highest BCUT2D eigenvalue weighted by molar-refractivity contribution is 6.27. The molecule has 3 N–H and O–H groups in total. The summed E-state index contributed by atoms with van der Waals surface area (Å²) < 4.78 is 0. The van der Waals surface area contributed by atoms with E-state index in [4.69, 9.17) is 5.11 Å². The second-order valence-electron chi connectivity index (χ2n) is 9.16. The number of anilines is 1. The van der Waals surface area contributed by atoms with Crippen molar-refractivity contribution in [2.75, 3.05) is 31.7 Å². The van der Waals surface area contributed by atoms with Gasteiger partial charge in [-0.3, -0.25) is 19.8 Å². The van der Waals surface area contributed by atoms with E-state index in [0.717, 1.165) is 47.2 Å². The maximum atomic E-state index is 13.6. The Hall–Kier alpha value is -4.28. The molecule has 0 unspecified atom stereocenters. The molecule has 1 aromatic heterocycles. The van der Waals surface area contributed by atoms with Gasteiger partial charge in [-0.1, -0.05) is 31.5 Å². The number of amides is 2. The first-order valence-corrected chi connectivity index (χ1v) is 12.7. The molecule has 3 aromatic carbocycles. The van der Waals surface area contributed by atoms with Crippen LogP contribution in [0.3, 0.4) is 0 Å². The van der Waals surface area contributed by atoms with Gasteiger partial charge in [-0.2, -0.15) is 0 Å². The number of aliphatic hydroxyl groups is 1. The summed E-state index contributed by atoms with van der Waals surface area (Å²) in [6, 6.07) is 15.2. The van der Waals surface area contributed by atoms with Crippen LogP contribution < -0.4 is 10.6 Å². The summed E-state index contributed by atoms with van der Waals surface area (Å²) in [5, 5.41) is 33.1. The van der Waals surface area contributed by atoms with E-state index in [9.17, 15) is 9.59 Å².